The van der Waals surface area contributed by atoms with Gasteiger partial charge >= 0.3 is 0 Å². The van der Waals surface area contributed by atoms with E-state index in [1.807, 2.05) is 6.92 Å². The fourth-order valence-corrected chi connectivity index (χ4v) is 3.12. The Labute approximate surface area is 140 Å². The van der Waals surface area contributed by atoms with Crippen molar-refractivity contribution in [3.63, 3.8) is 0 Å². The largest absolute Gasteiger partial charge is 0.438 e. The summed E-state index contributed by atoms with van der Waals surface area (Å²) in [6.07, 6.45) is 4.84. The average molecular weight is 311 g/mol. The molecule has 124 valence electrons. The number of rotatable bonds is 6. The number of unbranched alkanes of at least 4 members (excludes halogenated alkanes) is 2. The second kappa shape index (κ2) is 7.63. The van der Waals surface area contributed by atoms with Crippen LogP contribution in [0.4, 0.5) is 0 Å². The van der Waals surface area contributed by atoms with Crippen molar-refractivity contribution in [1.82, 2.24) is 4.98 Å². The Morgan fingerprint density at radius 3 is 2.17 bits per heavy atom. The molecule has 23 heavy (non-hydrogen) atoms. The zero-order valence-electron chi connectivity index (χ0n) is 15.4. The summed E-state index contributed by atoms with van der Waals surface area (Å²) in [7, 11) is 0. The molecule has 0 amide bonds. The fourth-order valence-electron chi connectivity index (χ4n) is 3.12. The van der Waals surface area contributed by atoms with E-state index in [0.29, 0.717) is 0 Å². The van der Waals surface area contributed by atoms with Crippen LogP contribution >= 0.6 is 0 Å². The molecule has 0 aliphatic heterocycles. The predicted octanol–water partition coefficient (Wildman–Crippen LogP) is 6.15. The maximum absolute atomic E-state index is 6.24. The van der Waals surface area contributed by atoms with Crippen molar-refractivity contribution in [2.75, 3.05) is 0 Å². The highest BCUT2D eigenvalue weighted by molar-refractivity contribution is 5.46. The van der Waals surface area contributed by atoms with Gasteiger partial charge in [-0.25, -0.2) is 4.98 Å². The zero-order chi connectivity index (χ0) is 17.0. The van der Waals surface area contributed by atoms with Crippen LogP contribution in [-0.2, 0) is 6.42 Å². The van der Waals surface area contributed by atoms with Crippen molar-refractivity contribution in [1.29, 1.82) is 0 Å². The Morgan fingerprint density at radius 1 is 0.913 bits per heavy atom. The highest BCUT2D eigenvalue weighted by atomic mass is 16.5. The van der Waals surface area contributed by atoms with Crippen molar-refractivity contribution in [3.05, 3.63) is 51.7 Å². The van der Waals surface area contributed by atoms with Gasteiger partial charge in [0.1, 0.15) is 5.75 Å². The molecule has 0 fully saturated rings. The van der Waals surface area contributed by atoms with Crippen molar-refractivity contribution < 1.29 is 4.74 Å². The summed E-state index contributed by atoms with van der Waals surface area (Å²) in [5.74, 6) is 1.70. The molecule has 0 atom stereocenters. The molecule has 2 heteroatoms. The molecule has 0 radical (unpaired) electrons. The maximum Gasteiger partial charge on any atom is 0.222 e. The minimum absolute atomic E-state index is 0.756. The molecule has 0 saturated heterocycles. The smallest absolute Gasteiger partial charge is 0.222 e. The first kappa shape index (κ1) is 17.5. The third-order valence-corrected chi connectivity index (χ3v) is 4.32. The highest BCUT2D eigenvalue weighted by Crippen LogP contribution is 2.32. The molecule has 0 saturated carbocycles. The van der Waals surface area contributed by atoms with E-state index in [1.54, 1.807) is 0 Å². The Hall–Kier alpha value is -1.83. The van der Waals surface area contributed by atoms with Gasteiger partial charge in [0.15, 0.2) is 0 Å². The van der Waals surface area contributed by atoms with E-state index >= 15 is 0 Å². The lowest BCUT2D eigenvalue weighted by Crippen LogP contribution is -2.01. The van der Waals surface area contributed by atoms with Crippen LogP contribution < -0.4 is 4.74 Å². The molecule has 0 bridgehead atoms. The van der Waals surface area contributed by atoms with Crippen LogP contribution in [0.5, 0.6) is 11.6 Å². The summed E-state index contributed by atoms with van der Waals surface area (Å²) >= 11 is 0. The number of benzene rings is 1. The number of nitrogens with zero attached hydrogens (tertiary/aromatic N) is 1. The molecule has 0 aliphatic rings. The molecule has 2 rings (SSSR count). The number of aromatic nitrogens is 1. The van der Waals surface area contributed by atoms with E-state index < -0.39 is 0 Å². The van der Waals surface area contributed by atoms with Crippen LogP contribution in [0, 0.1) is 34.6 Å². The number of hydrogen-bond donors (Lipinski definition) is 0. The summed E-state index contributed by atoms with van der Waals surface area (Å²) in [6, 6.07) is 6.53. The van der Waals surface area contributed by atoms with E-state index in [1.165, 1.54) is 36.0 Å². The van der Waals surface area contributed by atoms with Crippen molar-refractivity contribution in [3.8, 4) is 11.6 Å². The summed E-state index contributed by atoms with van der Waals surface area (Å²) < 4.78 is 6.24. The average Bonchev–Trinajstić information content (AvgIpc) is 2.47. The Balaban J connectivity index is 2.33. The minimum atomic E-state index is 0.756. The number of hydrogen-bond acceptors (Lipinski definition) is 2. The lowest BCUT2D eigenvalue weighted by Gasteiger charge is -2.16. The van der Waals surface area contributed by atoms with Crippen LogP contribution in [0.1, 0.15) is 59.7 Å². The second-order valence-corrected chi connectivity index (χ2v) is 6.64. The SMILES string of the molecule is CCCCCc1cc(C)nc(Oc2c(C)cc(C)cc2C)c1C. The van der Waals surface area contributed by atoms with Crippen molar-refractivity contribution in [2.45, 2.75) is 67.2 Å². The molecular weight excluding hydrogens is 282 g/mol. The zero-order valence-corrected chi connectivity index (χ0v) is 15.4. The van der Waals surface area contributed by atoms with E-state index in [2.05, 4.69) is 57.8 Å². The molecule has 1 heterocycles. The molecule has 1 aromatic carbocycles. The molecule has 0 N–H and O–H groups in total. The Bertz CT molecular complexity index is 665. The van der Waals surface area contributed by atoms with E-state index in [4.69, 9.17) is 4.74 Å². The van der Waals surface area contributed by atoms with Gasteiger partial charge in [0.25, 0.3) is 0 Å². The number of aryl methyl sites for hydroxylation is 5. The van der Waals surface area contributed by atoms with Crippen molar-refractivity contribution >= 4 is 0 Å². The number of ether oxygens (including phenoxy) is 1. The van der Waals surface area contributed by atoms with Gasteiger partial charge in [-0.1, -0.05) is 37.5 Å². The summed E-state index contributed by atoms with van der Waals surface area (Å²) in [5, 5.41) is 0. The van der Waals surface area contributed by atoms with Crippen LogP contribution in [0.2, 0.25) is 0 Å². The van der Waals surface area contributed by atoms with Crippen LogP contribution in [0.3, 0.4) is 0 Å². The maximum atomic E-state index is 6.24. The van der Waals surface area contributed by atoms with E-state index in [-0.39, 0.29) is 0 Å². The third-order valence-electron chi connectivity index (χ3n) is 4.32. The summed E-state index contributed by atoms with van der Waals surface area (Å²) in [4.78, 5) is 4.64. The van der Waals surface area contributed by atoms with Gasteiger partial charge in [-0.15, -0.1) is 0 Å². The van der Waals surface area contributed by atoms with Gasteiger partial charge in [0, 0.05) is 11.3 Å². The Kier molecular flexibility index (Phi) is 5.81. The molecule has 0 aliphatic carbocycles. The molecule has 2 nitrogen and oxygen atoms in total. The molecule has 1 aromatic heterocycles. The summed E-state index contributed by atoms with van der Waals surface area (Å²) in [5.41, 5.74) is 7.16. The van der Waals surface area contributed by atoms with Crippen LogP contribution in [0.15, 0.2) is 18.2 Å². The van der Waals surface area contributed by atoms with Gasteiger partial charge in [0.2, 0.25) is 5.88 Å². The summed E-state index contributed by atoms with van der Waals surface area (Å²) in [6.45, 7) is 12.7. The first-order valence-corrected chi connectivity index (χ1v) is 8.65. The lowest BCUT2D eigenvalue weighted by atomic mass is 10.0. The molecule has 0 unspecified atom stereocenters. The second-order valence-electron chi connectivity index (χ2n) is 6.64. The monoisotopic (exact) mass is 311 g/mol. The first-order valence-electron chi connectivity index (χ1n) is 8.65. The van der Waals surface area contributed by atoms with Gasteiger partial charge in [-0.2, -0.15) is 0 Å². The van der Waals surface area contributed by atoms with Gasteiger partial charge in [-0.05, 0) is 70.2 Å². The van der Waals surface area contributed by atoms with Gasteiger partial charge < -0.3 is 4.74 Å². The van der Waals surface area contributed by atoms with Gasteiger partial charge in [-0.3, -0.25) is 0 Å². The molecular formula is C21H29NO. The predicted molar refractivity (Wildman–Crippen MR) is 97.7 cm³/mol. The van der Waals surface area contributed by atoms with Crippen molar-refractivity contribution in [2.24, 2.45) is 0 Å². The minimum Gasteiger partial charge on any atom is -0.438 e. The van der Waals surface area contributed by atoms with E-state index in [0.717, 1.165) is 34.9 Å². The van der Waals surface area contributed by atoms with E-state index in [9.17, 15) is 0 Å². The Morgan fingerprint density at radius 2 is 1.57 bits per heavy atom. The normalized spacial score (nSPS) is 10.9. The lowest BCUT2D eigenvalue weighted by molar-refractivity contribution is 0.449. The highest BCUT2D eigenvalue weighted by Gasteiger charge is 2.13. The topological polar surface area (TPSA) is 22.1 Å². The third kappa shape index (κ3) is 4.34. The standard InChI is InChI=1S/C21H29NO/c1-7-8-9-10-19-13-17(5)22-21(18(19)6)23-20-15(3)11-14(2)12-16(20)4/h11-13H,7-10H2,1-6H3. The molecule has 0 spiro atoms. The first-order chi connectivity index (χ1) is 10.9. The van der Waals surface area contributed by atoms with Gasteiger partial charge in [0.05, 0.1) is 0 Å². The quantitative estimate of drug-likeness (QED) is 0.597. The van der Waals surface area contributed by atoms with Crippen LogP contribution in [0.25, 0.3) is 0 Å². The fraction of sp³-hybridized carbons (Fsp3) is 0.476. The van der Waals surface area contributed by atoms with Crippen LogP contribution in [-0.4, -0.2) is 4.98 Å². The molecule has 2 aromatic rings. The number of pyridine rings is 1.